The molecule has 0 radical (unpaired) electrons. The normalized spacial score (nSPS) is 12.7. The van der Waals surface area contributed by atoms with Crippen molar-refractivity contribution in [2.45, 2.75) is 17.9 Å². The van der Waals surface area contributed by atoms with Crippen LogP contribution in [0.5, 0.6) is 0 Å². The van der Waals surface area contributed by atoms with Gasteiger partial charge in [0.05, 0.1) is 10.5 Å². The summed E-state index contributed by atoms with van der Waals surface area (Å²) in [5.41, 5.74) is -0.502. The first kappa shape index (κ1) is 20.7. The van der Waals surface area contributed by atoms with Crippen LogP contribution >= 0.6 is 0 Å². The lowest BCUT2D eigenvalue weighted by Gasteiger charge is -2.15. The molecule has 0 unspecified atom stereocenters. The Bertz CT molecular complexity index is 972. The summed E-state index contributed by atoms with van der Waals surface area (Å²) in [5, 5.41) is 0. The number of carbonyl (C=O) groups excluding carboxylic acids is 2. The molecule has 9 heteroatoms. The van der Waals surface area contributed by atoms with Crippen molar-refractivity contribution < 1.29 is 31.5 Å². The molecule has 2 rings (SSSR count). The van der Waals surface area contributed by atoms with E-state index >= 15 is 0 Å². The SMILES string of the molecule is C[C@@H](OC(=O)c1cc(S(=O)(=O)N(C)C)ccc1F)C(=O)c1ccc(F)cc1. The van der Waals surface area contributed by atoms with Gasteiger partial charge in [0.25, 0.3) is 0 Å². The van der Waals surface area contributed by atoms with Gasteiger partial charge in [-0.1, -0.05) is 0 Å². The second kappa shape index (κ2) is 7.93. The van der Waals surface area contributed by atoms with Crippen LogP contribution in [0.2, 0.25) is 0 Å². The van der Waals surface area contributed by atoms with Gasteiger partial charge in [-0.25, -0.2) is 26.3 Å². The maximum atomic E-state index is 14.0. The smallest absolute Gasteiger partial charge is 0.341 e. The van der Waals surface area contributed by atoms with Crippen LogP contribution in [0, 0.1) is 11.6 Å². The van der Waals surface area contributed by atoms with Crippen LogP contribution in [-0.4, -0.2) is 44.7 Å². The minimum atomic E-state index is -3.89. The quantitative estimate of drug-likeness (QED) is 0.553. The number of rotatable bonds is 6. The molecule has 0 spiro atoms. The third kappa shape index (κ3) is 4.55. The van der Waals surface area contributed by atoms with Crippen molar-refractivity contribution in [1.82, 2.24) is 4.31 Å². The zero-order valence-corrected chi connectivity index (χ0v) is 15.6. The number of ether oxygens (including phenoxy) is 1. The van der Waals surface area contributed by atoms with Crippen molar-refractivity contribution in [2.24, 2.45) is 0 Å². The van der Waals surface area contributed by atoms with Gasteiger partial charge in [-0.05, 0) is 49.4 Å². The molecule has 1 atom stereocenters. The Kier molecular flexibility index (Phi) is 6.07. The van der Waals surface area contributed by atoms with Crippen molar-refractivity contribution in [3.05, 3.63) is 65.2 Å². The van der Waals surface area contributed by atoms with Crippen LogP contribution in [0.15, 0.2) is 47.4 Å². The van der Waals surface area contributed by atoms with Crippen molar-refractivity contribution in [2.75, 3.05) is 14.1 Å². The molecule has 0 heterocycles. The van der Waals surface area contributed by atoms with E-state index in [0.717, 1.165) is 34.6 Å². The lowest BCUT2D eigenvalue weighted by atomic mass is 10.1. The lowest BCUT2D eigenvalue weighted by molar-refractivity contribution is 0.0314. The Labute approximate surface area is 155 Å². The first-order valence-electron chi connectivity index (χ1n) is 7.77. The summed E-state index contributed by atoms with van der Waals surface area (Å²) in [5.74, 6) is -3.32. The molecular weight excluding hydrogens is 380 g/mol. The number of nitrogens with zero attached hydrogens (tertiary/aromatic N) is 1. The Balaban J connectivity index is 2.25. The number of benzene rings is 2. The monoisotopic (exact) mass is 397 g/mol. The number of halogens is 2. The van der Waals surface area contributed by atoms with Crippen LogP contribution in [0.25, 0.3) is 0 Å². The minimum absolute atomic E-state index is 0.112. The first-order valence-corrected chi connectivity index (χ1v) is 9.21. The molecular formula is C18H17F2NO5S. The predicted octanol–water partition coefficient (Wildman–Crippen LogP) is 2.64. The van der Waals surface area contributed by atoms with E-state index in [1.54, 1.807) is 0 Å². The van der Waals surface area contributed by atoms with E-state index in [1.165, 1.54) is 33.2 Å². The predicted molar refractivity (Wildman–Crippen MR) is 92.9 cm³/mol. The fraction of sp³-hybridized carbons (Fsp3) is 0.222. The highest BCUT2D eigenvalue weighted by Gasteiger charge is 2.25. The summed E-state index contributed by atoms with van der Waals surface area (Å²) >= 11 is 0. The molecule has 0 bridgehead atoms. The van der Waals surface area contributed by atoms with E-state index in [4.69, 9.17) is 4.74 Å². The average molecular weight is 397 g/mol. The second-order valence-electron chi connectivity index (χ2n) is 5.85. The topological polar surface area (TPSA) is 80.8 Å². The molecule has 0 aliphatic rings. The van der Waals surface area contributed by atoms with Gasteiger partial charge < -0.3 is 4.74 Å². The van der Waals surface area contributed by atoms with E-state index in [1.807, 2.05) is 0 Å². The van der Waals surface area contributed by atoms with Crippen LogP contribution in [0.1, 0.15) is 27.6 Å². The van der Waals surface area contributed by atoms with Gasteiger partial charge in [0.15, 0.2) is 6.10 Å². The Morgan fingerprint density at radius 1 is 1.04 bits per heavy atom. The molecule has 0 fully saturated rings. The summed E-state index contributed by atoms with van der Waals surface area (Å²) in [4.78, 5) is 24.2. The van der Waals surface area contributed by atoms with E-state index in [2.05, 4.69) is 0 Å². The maximum Gasteiger partial charge on any atom is 0.341 e. The fourth-order valence-corrected chi connectivity index (χ4v) is 3.09. The molecule has 2 aromatic carbocycles. The molecule has 6 nitrogen and oxygen atoms in total. The number of hydrogen-bond donors (Lipinski definition) is 0. The van der Waals surface area contributed by atoms with Crippen LogP contribution in [0.3, 0.4) is 0 Å². The number of hydrogen-bond acceptors (Lipinski definition) is 5. The molecule has 0 saturated carbocycles. The third-order valence-corrected chi connectivity index (χ3v) is 5.53. The molecule has 0 saturated heterocycles. The van der Waals surface area contributed by atoms with Crippen LogP contribution in [0.4, 0.5) is 8.78 Å². The largest absolute Gasteiger partial charge is 0.451 e. The summed E-state index contributed by atoms with van der Waals surface area (Å²) in [6.45, 7) is 1.28. The van der Waals surface area contributed by atoms with E-state index < -0.39 is 45.1 Å². The van der Waals surface area contributed by atoms with Gasteiger partial charge in [-0.3, -0.25) is 4.79 Å². The average Bonchev–Trinajstić information content (AvgIpc) is 2.61. The number of esters is 1. The highest BCUT2D eigenvalue weighted by atomic mass is 32.2. The fourth-order valence-electron chi connectivity index (χ4n) is 2.16. The molecule has 0 aromatic heterocycles. The number of carbonyl (C=O) groups is 2. The van der Waals surface area contributed by atoms with Crippen molar-refractivity contribution in [1.29, 1.82) is 0 Å². The van der Waals surface area contributed by atoms with Gasteiger partial charge >= 0.3 is 5.97 Å². The highest BCUT2D eigenvalue weighted by molar-refractivity contribution is 7.89. The summed E-state index contributed by atoms with van der Waals surface area (Å²) in [7, 11) is -1.30. The summed E-state index contributed by atoms with van der Waals surface area (Å²) in [6, 6.07) is 7.32. The highest BCUT2D eigenvalue weighted by Crippen LogP contribution is 2.19. The Hall–Kier alpha value is -2.65. The Morgan fingerprint density at radius 2 is 1.63 bits per heavy atom. The van der Waals surface area contributed by atoms with Gasteiger partial charge in [0, 0.05) is 19.7 Å². The van der Waals surface area contributed by atoms with E-state index in [9.17, 15) is 26.8 Å². The van der Waals surface area contributed by atoms with Gasteiger partial charge in [-0.2, -0.15) is 0 Å². The molecule has 2 aromatic rings. The molecule has 144 valence electrons. The molecule has 0 aliphatic carbocycles. The third-order valence-electron chi connectivity index (χ3n) is 3.72. The zero-order valence-electron chi connectivity index (χ0n) is 14.8. The van der Waals surface area contributed by atoms with Crippen LogP contribution < -0.4 is 0 Å². The van der Waals surface area contributed by atoms with Gasteiger partial charge in [0.1, 0.15) is 11.6 Å². The number of ketones is 1. The standard InChI is InChI=1S/C18H17F2NO5S/c1-11(17(22)12-4-6-13(19)7-5-12)26-18(23)15-10-14(8-9-16(15)20)27(24,25)21(2)3/h4-11H,1-3H3/t11-/m1/s1. The molecule has 0 aliphatic heterocycles. The molecule has 27 heavy (non-hydrogen) atoms. The van der Waals surface area contributed by atoms with Crippen LogP contribution in [-0.2, 0) is 14.8 Å². The second-order valence-corrected chi connectivity index (χ2v) is 8.00. The number of Topliss-reactive ketones (excluding diaryl/α,β-unsaturated/α-hetero) is 1. The maximum absolute atomic E-state index is 14.0. The summed E-state index contributed by atoms with van der Waals surface area (Å²) in [6.07, 6.45) is -1.28. The molecule has 0 N–H and O–H groups in total. The number of sulfonamides is 1. The summed E-state index contributed by atoms with van der Waals surface area (Å²) < 4.78 is 57.0. The van der Waals surface area contributed by atoms with Gasteiger partial charge in [0.2, 0.25) is 15.8 Å². The zero-order chi connectivity index (χ0) is 20.4. The van der Waals surface area contributed by atoms with E-state index in [-0.39, 0.29) is 10.5 Å². The first-order chi connectivity index (χ1) is 12.5. The van der Waals surface area contributed by atoms with Crippen molar-refractivity contribution >= 4 is 21.8 Å². The van der Waals surface area contributed by atoms with Crippen molar-refractivity contribution in [3.8, 4) is 0 Å². The molecule has 0 amide bonds. The van der Waals surface area contributed by atoms with Gasteiger partial charge in [-0.15, -0.1) is 0 Å². The van der Waals surface area contributed by atoms with Crippen molar-refractivity contribution in [3.63, 3.8) is 0 Å². The van der Waals surface area contributed by atoms with E-state index in [0.29, 0.717) is 0 Å². The Morgan fingerprint density at radius 3 is 2.19 bits per heavy atom. The lowest BCUT2D eigenvalue weighted by Crippen LogP contribution is -2.26. The minimum Gasteiger partial charge on any atom is -0.451 e.